The third-order valence-corrected chi connectivity index (χ3v) is 8.23. The van der Waals surface area contributed by atoms with Gasteiger partial charge in [-0.2, -0.15) is 0 Å². The van der Waals surface area contributed by atoms with Crippen LogP contribution < -0.4 is 9.84 Å². The molecule has 2 atom stereocenters. The van der Waals surface area contributed by atoms with Crippen molar-refractivity contribution in [1.82, 2.24) is 4.90 Å². The first-order chi connectivity index (χ1) is 20.1. The Bertz CT molecular complexity index is 1410. The van der Waals surface area contributed by atoms with Gasteiger partial charge < -0.3 is 29.0 Å². The number of carboxylic acid groups (broad SMARTS) is 1. The third kappa shape index (κ3) is 7.88. The van der Waals surface area contributed by atoms with Gasteiger partial charge >= 0.3 is 0 Å². The van der Waals surface area contributed by atoms with Crippen molar-refractivity contribution in [3.05, 3.63) is 113 Å². The number of rotatable bonds is 12. The van der Waals surface area contributed by atoms with Gasteiger partial charge in [-0.15, -0.1) is 0 Å². The lowest BCUT2D eigenvalue weighted by Gasteiger charge is -2.40. The molecule has 214 valence electrons. The van der Waals surface area contributed by atoms with E-state index in [1.165, 1.54) is 10.5 Å². The number of piperidine rings is 1. The normalized spacial score (nSPS) is 17.0. The predicted octanol–water partition coefficient (Wildman–Crippen LogP) is 6.44. The molecule has 0 bridgehead atoms. The number of benzene rings is 4. The SMILES string of the molecule is O=C([O-])N1CCC(c2ccc(OCCCOCc3ccccc3)cc2)C(OCc2cccc3ccc(CBr)cc23)C1. The van der Waals surface area contributed by atoms with E-state index in [-0.39, 0.29) is 18.6 Å². The Kier molecular flexibility index (Phi) is 10.3. The zero-order valence-electron chi connectivity index (χ0n) is 23.0. The number of ether oxygens (including phenoxy) is 3. The van der Waals surface area contributed by atoms with Crippen LogP contribution >= 0.6 is 15.9 Å². The molecular weight excluding hydrogens is 582 g/mol. The van der Waals surface area contributed by atoms with E-state index in [1.54, 1.807) is 0 Å². The molecule has 41 heavy (non-hydrogen) atoms. The predicted molar refractivity (Wildman–Crippen MR) is 162 cm³/mol. The molecule has 5 rings (SSSR count). The molecule has 0 N–H and O–H groups in total. The number of amides is 1. The Balaban J connectivity index is 1.18. The number of carbonyl (C=O) groups is 1. The minimum absolute atomic E-state index is 0.0686. The molecule has 1 amide bonds. The molecule has 1 aliphatic heterocycles. The summed E-state index contributed by atoms with van der Waals surface area (Å²) in [6, 6.07) is 30.9. The Morgan fingerprint density at radius 1 is 0.902 bits per heavy atom. The first kappa shape index (κ1) is 29.1. The molecular formula is C34H35BrNO5-. The lowest BCUT2D eigenvalue weighted by molar-refractivity contribution is -0.268. The molecule has 1 heterocycles. The highest BCUT2D eigenvalue weighted by molar-refractivity contribution is 9.08. The van der Waals surface area contributed by atoms with Gasteiger partial charge in [0.25, 0.3) is 0 Å². The summed E-state index contributed by atoms with van der Waals surface area (Å²) in [5.41, 5.74) is 4.57. The van der Waals surface area contributed by atoms with Crippen molar-refractivity contribution in [1.29, 1.82) is 0 Å². The van der Waals surface area contributed by atoms with Crippen molar-refractivity contribution >= 4 is 32.8 Å². The summed E-state index contributed by atoms with van der Waals surface area (Å²) in [6.07, 6.45) is 0.0312. The van der Waals surface area contributed by atoms with Gasteiger partial charge in [-0.05, 0) is 57.6 Å². The number of nitrogens with zero attached hydrogens (tertiary/aromatic N) is 1. The fourth-order valence-corrected chi connectivity index (χ4v) is 5.70. The van der Waals surface area contributed by atoms with E-state index in [0.717, 1.165) is 45.0 Å². The van der Waals surface area contributed by atoms with Crippen molar-refractivity contribution in [3.8, 4) is 5.75 Å². The highest BCUT2D eigenvalue weighted by atomic mass is 79.9. The molecule has 4 aromatic rings. The van der Waals surface area contributed by atoms with Gasteiger partial charge in [0.15, 0.2) is 0 Å². The van der Waals surface area contributed by atoms with E-state index in [4.69, 9.17) is 14.2 Å². The number of likely N-dealkylation sites (tertiary alicyclic amines) is 1. The van der Waals surface area contributed by atoms with Crippen molar-refractivity contribution in [2.24, 2.45) is 0 Å². The van der Waals surface area contributed by atoms with E-state index in [0.29, 0.717) is 39.4 Å². The van der Waals surface area contributed by atoms with Crippen LogP contribution in [-0.4, -0.2) is 43.4 Å². The highest BCUT2D eigenvalue weighted by Crippen LogP contribution is 2.33. The minimum Gasteiger partial charge on any atom is -0.530 e. The van der Waals surface area contributed by atoms with Crippen LogP contribution in [0.15, 0.2) is 91.0 Å². The fourth-order valence-electron chi connectivity index (χ4n) is 5.35. The number of halogens is 1. The van der Waals surface area contributed by atoms with Crippen molar-refractivity contribution in [2.75, 3.05) is 26.3 Å². The second-order valence-corrected chi connectivity index (χ2v) is 10.9. The Labute approximate surface area is 250 Å². The number of fused-ring (bicyclic) bond motifs is 1. The maximum atomic E-state index is 11.7. The third-order valence-electron chi connectivity index (χ3n) is 7.58. The molecule has 6 nitrogen and oxygen atoms in total. The summed E-state index contributed by atoms with van der Waals surface area (Å²) >= 11 is 3.55. The summed E-state index contributed by atoms with van der Waals surface area (Å²) < 4.78 is 18.1. The van der Waals surface area contributed by atoms with Crippen molar-refractivity contribution in [3.63, 3.8) is 0 Å². The first-order valence-electron chi connectivity index (χ1n) is 14.1. The van der Waals surface area contributed by atoms with Crippen LogP contribution in [-0.2, 0) is 28.0 Å². The monoisotopic (exact) mass is 616 g/mol. The molecule has 1 aliphatic rings. The topological polar surface area (TPSA) is 71.1 Å². The van der Waals surface area contributed by atoms with Crippen LogP contribution in [0.2, 0.25) is 0 Å². The Morgan fingerprint density at radius 2 is 1.73 bits per heavy atom. The second-order valence-electron chi connectivity index (χ2n) is 10.4. The molecule has 2 unspecified atom stereocenters. The van der Waals surface area contributed by atoms with Crippen LogP contribution in [0.25, 0.3) is 10.8 Å². The molecule has 1 saturated heterocycles. The lowest BCUT2D eigenvalue weighted by Crippen LogP contribution is -2.51. The molecule has 0 saturated carbocycles. The Morgan fingerprint density at radius 3 is 2.51 bits per heavy atom. The Hall–Kier alpha value is -3.39. The quantitative estimate of drug-likeness (QED) is 0.135. The zero-order valence-corrected chi connectivity index (χ0v) is 24.6. The first-order valence-corrected chi connectivity index (χ1v) is 15.2. The molecule has 7 heteroatoms. The summed E-state index contributed by atoms with van der Waals surface area (Å²) in [6.45, 7) is 2.93. The second kappa shape index (κ2) is 14.5. The number of hydrogen-bond acceptors (Lipinski definition) is 5. The molecule has 0 spiro atoms. The van der Waals surface area contributed by atoms with Crippen LogP contribution in [0.4, 0.5) is 4.79 Å². The average molecular weight is 618 g/mol. The van der Waals surface area contributed by atoms with Crippen LogP contribution in [0, 0.1) is 0 Å². The standard InChI is InChI=1S/C34H36BrNO5/c35-21-26-10-11-27-8-4-9-29(32(27)20-26)24-41-33-22-36(34(37)38)17-16-31(33)28-12-14-30(15-13-28)40-19-5-18-39-23-25-6-2-1-3-7-25/h1-4,6-15,20,31,33H,5,16-19,21-24H2,(H,37,38)/p-1. The summed E-state index contributed by atoms with van der Waals surface area (Å²) in [7, 11) is 0. The summed E-state index contributed by atoms with van der Waals surface area (Å²) in [5.74, 6) is 0.874. The van der Waals surface area contributed by atoms with E-state index >= 15 is 0 Å². The molecule has 0 aromatic heterocycles. The smallest absolute Gasteiger partial charge is 0.137 e. The van der Waals surface area contributed by atoms with Gasteiger partial charge in [0.2, 0.25) is 0 Å². The molecule has 1 fully saturated rings. The average Bonchev–Trinajstić information content (AvgIpc) is 3.02. The van der Waals surface area contributed by atoms with E-state index in [1.807, 2.05) is 36.4 Å². The zero-order chi connectivity index (χ0) is 28.4. The van der Waals surface area contributed by atoms with Gasteiger partial charge in [0, 0.05) is 30.8 Å². The lowest BCUT2D eigenvalue weighted by atomic mass is 9.87. The van der Waals surface area contributed by atoms with E-state index < -0.39 is 6.09 Å². The summed E-state index contributed by atoms with van der Waals surface area (Å²) in [5, 5.41) is 14.8. The van der Waals surface area contributed by atoms with Crippen LogP contribution in [0.5, 0.6) is 5.75 Å². The van der Waals surface area contributed by atoms with Crippen LogP contribution in [0.3, 0.4) is 0 Å². The molecule has 0 radical (unpaired) electrons. The number of carbonyl (C=O) groups excluding carboxylic acids is 1. The fraction of sp³-hybridized carbons (Fsp3) is 0.324. The van der Waals surface area contributed by atoms with Crippen molar-refractivity contribution < 1.29 is 24.1 Å². The van der Waals surface area contributed by atoms with Gasteiger partial charge in [0.1, 0.15) is 11.8 Å². The maximum Gasteiger partial charge on any atom is 0.137 e. The summed E-state index contributed by atoms with van der Waals surface area (Å²) in [4.78, 5) is 13.0. The molecule has 0 aliphatic carbocycles. The van der Waals surface area contributed by atoms with Crippen molar-refractivity contribution in [2.45, 2.75) is 43.4 Å². The van der Waals surface area contributed by atoms with Gasteiger partial charge in [0.05, 0.1) is 32.5 Å². The van der Waals surface area contributed by atoms with Gasteiger partial charge in [-0.3, -0.25) is 0 Å². The number of alkyl halides is 1. The number of hydrogen-bond donors (Lipinski definition) is 0. The van der Waals surface area contributed by atoms with Crippen LogP contribution in [0.1, 0.15) is 41.0 Å². The highest BCUT2D eigenvalue weighted by Gasteiger charge is 2.31. The largest absolute Gasteiger partial charge is 0.530 e. The molecule has 4 aromatic carbocycles. The van der Waals surface area contributed by atoms with E-state index in [2.05, 4.69) is 70.5 Å². The maximum absolute atomic E-state index is 11.7. The van der Waals surface area contributed by atoms with E-state index in [9.17, 15) is 9.90 Å². The van der Waals surface area contributed by atoms with Gasteiger partial charge in [-0.25, -0.2) is 0 Å². The van der Waals surface area contributed by atoms with Gasteiger partial charge in [-0.1, -0.05) is 88.7 Å². The minimum atomic E-state index is -1.15.